The van der Waals surface area contributed by atoms with Gasteiger partial charge in [0.15, 0.2) is 12.2 Å². The number of benzene rings is 2. The summed E-state index contributed by atoms with van der Waals surface area (Å²) in [6, 6.07) is 11.9. The molecule has 2 unspecified atom stereocenters. The van der Waals surface area contributed by atoms with E-state index in [4.69, 9.17) is 9.47 Å². The van der Waals surface area contributed by atoms with Crippen molar-refractivity contribution in [1.82, 2.24) is 0 Å². The van der Waals surface area contributed by atoms with Crippen LogP contribution in [0.1, 0.15) is 59.4 Å². The summed E-state index contributed by atoms with van der Waals surface area (Å²) in [6.45, 7) is 10.6. The molecule has 26 heavy (non-hydrogen) atoms. The highest BCUT2D eigenvalue weighted by Crippen LogP contribution is 2.39. The average molecular weight is 354 g/mol. The quantitative estimate of drug-likeness (QED) is 0.722. The molecule has 2 aromatic carbocycles. The zero-order chi connectivity index (χ0) is 19.4. The minimum atomic E-state index is -0.711. The monoisotopic (exact) mass is 354 g/mol. The van der Waals surface area contributed by atoms with Crippen LogP contribution < -0.4 is 0 Å². The molecular weight excluding hydrogens is 328 g/mol. The topological polar surface area (TPSA) is 52.6 Å². The van der Waals surface area contributed by atoms with Gasteiger partial charge in [-0.1, -0.05) is 47.5 Å². The maximum absolute atomic E-state index is 11.8. The molecular formula is C22H26O4. The van der Waals surface area contributed by atoms with Crippen LogP contribution in [0.3, 0.4) is 0 Å². The molecule has 2 aromatic rings. The molecule has 2 atom stereocenters. The number of carbonyl (C=O) groups excluding carboxylic acids is 2. The van der Waals surface area contributed by atoms with Crippen molar-refractivity contribution < 1.29 is 19.1 Å². The van der Waals surface area contributed by atoms with Crippen molar-refractivity contribution in [3.05, 3.63) is 69.8 Å². The predicted octanol–water partition coefficient (Wildman–Crippen LogP) is 4.83. The zero-order valence-corrected chi connectivity index (χ0v) is 16.3. The van der Waals surface area contributed by atoms with Crippen LogP contribution in [-0.4, -0.2) is 11.9 Å². The second-order valence-electron chi connectivity index (χ2n) is 6.78. The largest absolute Gasteiger partial charge is 0.453 e. The van der Waals surface area contributed by atoms with Gasteiger partial charge < -0.3 is 9.47 Å². The van der Waals surface area contributed by atoms with E-state index in [-0.39, 0.29) is 0 Å². The highest BCUT2D eigenvalue weighted by molar-refractivity contribution is 5.68. The highest BCUT2D eigenvalue weighted by Gasteiger charge is 2.32. The van der Waals surface area contributed by atoms with Crippen LogP contribution in [0.5, 0.6) is 0 Å². The van der Waals surface area contributed by atoms with Crippen molar-refractivity contribution in [2.45, 2.75) is 53.8 Å². The van der Waals surface area contributed by atoms with Gasteiger partial charge in [0.2, 0.25) is 0 Å². The lowest BCUT2D eigenvalue weighted by Gasteiger charge is -2.29. The fourth-order valence-electron chi connectivity index (χ4n) is 3.07. The smallest absolute Gasteiger partial charge is 0.303 e. The first-order valence-corrected chi connectivity index (χ1v) is 8.67. The Balaban J connectivity index is 2.65. The Bertz CT molecular complexity index is 753. The molecule has 0 N–H and O–H groups in total. The van der Waals surface area contributed by atoms with E-state index in [1.54, 1.807) is 0 Å². The minimum absolute atomic E-state index is 0.418. The van der Waals surface area contributed by atoms with Gasteiger partial charge in [0, 0.05) is 13.8 Å². The van der Waals surface area contributed by atoms with Crippen LogP contribution in [0.4, 0.5) is 0 Å². The van der Waals surface area contributed by atoms with E-state index in [2.05, 4.69) is 0 Å². The highest BCUT2D eigenvalue weighted by atomic mass is 16.6. The van der Waals surface area contributed by atoms with Gasteiger partial charge in [-0.3, -0.25) is 9.59 Å². The summed E-state index contributed by atoms with van der Waals surface area (Å²) in [4.78, 5) is 23.7. The Morgan fingerprint density at radius 2 is 1.04 bits per heavy atom. The molecule has 0 aliphatic heterocycles. The Morgan fingerprint density at radius 1 is 0.692 bits per heavy atom. The van der Waals surface area contributed by atoms with Gasteiger partial charge in [0.1, 0.15) is 0 Å². The van der Waals surface area contributed by atoms with Gasteiger partial charge >= 0.3 is 11.9 Å². The van der Waals surface area contributed by atoms with Gasteiger partial charge in [0.05, 0.1) is 0 Å². The van der Waals surface area contributed by atoms with Crippen molar-refractivity contribution in [3.8, 4) is 0 Å². The summed E-state index contributed by atoms with van der Waals surface area (Å²) in [5.74, 6) is -0.836. The van der Waals surface area contributed by atoms with Crippen molar-refractivity contribution in [2.24, 2.45) is 0 Å². The average Bonchev–Trinajstić information content (AvgIpc) is 2.55. The molecule has 0 amide bonds. The SMILES string of the molecule is CC(=O)OC(c1cc(C)ccc1C)C(OC(C)=O)c1cc(C)ccc1C. The van der Waals surface area contributed by atoms with E-state index < -0.39 is 24.1 Å². The molecule has 0 fully saturated rings. The molecule has 0 saturated heterocycles. The van der Waals surface area contributed by atoms with Crippen molar-refractivity contribution in [1.29, 1.82) is 0 Å². The lowest BCUT2D eigenvalue weighted by molar-refractivity contribution is -0.167. The molecule has 4 heteroatoms. The predicted molar refractivity (Wildman–Crippen MR) is 101 cm³/mol. The number of ether oxygens (including phenoxy) is 2. The molecule has 138 valence electrons. The van der Waals surface area contributed by atoms with Crippen LogP contribution in [-0.2, 0) is 19.1 Å². The lowest BCUT2D eigenvalue weighted by atomic mass is 9.90. The van der Waals surface area contributed by atoms with Crippen molar-refractivity contribution in [2.75, 3.05) is 0 Å². The molecule has 0 heterocycles. The maximum atomic E-state index is 11.8. The lowest BCUT2D eigenvalue weighted by Crippen LogP contribution is -2.23. The van der Waals surface area contributed by atoms with E-state index in [0.29, 0.717) is 0 Å². The van der Waals surface area contributed by atoms with E-state index >= 15 is 0 Å². The zero-order valence-electron chi connectivity index (χ0n) is 16.3. The van der Waals surface area contributed by atoms with Gasteiger partial charge in [0.25, 0.3) is 0 Å². The molecule has 0 aliphatic carbocycles. The first-order valence-electron chi connectivity index (χ1n) is 8.67. The summed E-state index contributed by atoms with van der Waals surface area (Å²) < 4.78 is 11.3. The third kappa shape index (κ3) is 4.72. The second kappa shape index (κ2) is 8.17. The number of carbonyl (C=O) groups is 2. The summed E-state index contributed by atoms with van der Waals surface area (Å²) in [5.41, 5.74) is 5.73. The molecule has 2 rings (SSSR count). The van der Waals surface area contributed by atoms with Gasteiger partial charge in [-0.25, -0.2) is 0 Å². The fourth-order valence-corrected chi connectivity index (χ4v) is 3.07. The Morgan fingerprint density at radius 3 is 1.35 bits per heavy atom. The van der Waals surface area contributed by atoms with Crippen LogP contribution in [0.2, 0.25) is 0 Å². The number of esters is 2. The van der Waals surface area contributed by atoms with Crippen molar-refractivity contribution >= 4 is 11.9 Å². The maximum Gasteiger partial charge on any atom is 0.303 e. The molecule has 0 spiro atoms. The first kappa shape index (κ1) is 19.7. The van der Waals surface area contributed by atoms with E-state index in [1.165, 1.54) is 13.8 Å². The normalized spacial score (nSPS) is 13.0. The molecule has 0 bridgehead atoms. The van der Waals surface area contributed by atoms with Crippen LogP contribution in [0.15, 0.2) is 36.4 Å². The van der Waals surface area contributed by atoms with Gasteiger partial charge in [-0.15, -0.1) is 0 Å². The van der Waals surface area contributed by atoms with Crippen LogP contribution >= 0.6 is 0 Å². The van der Waals surface area contributed by atoms with Crippen molar-refractivity contribution in [3.63, 3.8) is 0 Å². The summed E-state index contributed by atoms with van der Waals surface area (Å²) in [5, 5.41) is 0. The Labute approximate surface area is 155 Å². The molecule has 0 radical (unpaired) electrons. The third-order valence-corrected chi connectivity index (χ3v) is 4.34. The number of aryl methyl sites for hydroxylation is 4. The van der Waals surface area contributed by atoms with E-state index in [0.717, 1.165) is 33.4 Å². The van der Waals surface area contributed by atoms with Gasteiger partial charge in [-0.05, 0) is 49.9 Å². The third-order valence-electron chi connectivity index (χ3n) is 4.34. The molecule has 0 aromatic heterocycles. The number of rotatable bonds is 5. The first-order chi connectivity index (χ1) is 12.2. The van der Waals surface area contributed by atoms with E-state index in [1.807, 2.05) is 64.1 Å². The summed E-state index contributed by atoms with van der Waals surface area (Å²) in [6.07, 6.45) is -1.42. The van der Waals surface area contributed by atoms with Crippen LogP contribution in [0.25, 0.3) is 0 Å². The Hall–Kier alpha value is -2.62. The fraction of sp³-hybridized carbons (Fsp3) is 0.364. The summed E-state index contributed by atoms with van der Waals surface area (Å²) in [7, 11) is 0. The standard InChI is InChI=1S/C22H26O4/c1-13-7-9-15(3)19(11-13)21(25-17(5)23)22(26-18(6)24)20-12-14(2)8-10-16(20)4/h7-12,21-22H,1-6H3. The number of hydrogen-bond donors (Lipinski definition) is 0. The van der Waals surface area contributed by atoms with Crippen LogP contribution in [0, 0.1) is 27.7 Å². The van der Waals surface area contributed by atoms with Gasteiger partial charge in [-0.2, -0.15) is 0 Å². The number of hydrogen-bond acceptors (Lipinski definition) is 4. The molecule has 0 saturated carbocycles. The molecule has 4 nitrogen and oxygen atoms in total. The minimum Gasteiger partial charge on any atom is -0.453 e. The van der Waals surface area contributed by atoms with E-state index in [9.17, 15) is 9.59 Å². The summed E-state index contributed by atoms with van der Waals surface area (Å²) >= 11 is 0. The Kier molecular flexibility index (Phi) is 6.19. The second-order valence-corrected chi connectivity index (χ2v) is 6.78. The molecule has 0 aliphatic rings.